The predicted molar refractivity (Wildman–Crippen MR) is 102 cm³/mol. The molecule has 0 atom stereocenters. The number of hydrogen-bond acceptors (Lipinski definition) is 4. The topological polar surface area (TPSA) is 61.9 Å². The molecule has 0 aliphatic carbocycles. The molecular weight excluding hydrogens is 367 g/mol. The van der Waals surface area contributed by atoms with E-state index in [2.05, 4.69) is 15.0 Å². The Morgan fingerprint density at radius 3 is 2.96 bits per heavy atom. The molecule has 0 unspecified atom stereocenters. The minimum Gasteiger partial charge on any atom is -0.306 e. The zero-order valence-electron chi connectivity index (χ0n) is 14.8. The molecule has 0 amide bonds. The molecule has 1 aliphatic rings. The van der Waals surface area contributed by atoms with Gasteiger partial charge in [0.05, 0.1) is 16.3 Å². The van der Waals surface area contributed by atoms with Crippen molar-refractivity contribution in [2.45, 2.75) is 26.4 Å². The van der Waals surface area contributed by atoms with Crippen molar-refractivity contribution in [3.63, 3.8) is 0 Å². The summed E-state index contributed by atoms with van der Waals surface area (Å²) in [6, 6.07) is 6.76. The van der Waals surface area contributed by atoms with Gasteiger partial charge in [-0.3, -0.25) is 14.7 Å². The largest absolute Gasteiger partial charge is 0.306 e. The summed E-state index contributed by atoms with van der Waals surface area (Å²) >= 11 is 6.28. The number of rotatable bonds is 3. The summed E-state index contributed by atoms with van der Waals surface area (Å²) < 4.78 is 14.2. The van der Waals surface area contributed by atoms with Crippen molar-refractivity contribution in [3.8, 4) is 11.4 Å². The second kappa shape index (κ2) is 7.21. The minimum atomic E-state index is -0.324. The van der Waals surface area contributed by atoms with Gasteiger partial charge in [-0.05, 0) is 30.7 Å². The highest BCUT2D eigenvalue weighted by Gasteiger charge is 2.23. The van der Waals surface area contributed by atoms with E-state index < -0.39 is 0 Å². The third kappa shape index (κ3) is 3.50. The molecule has 0 radical (unpaired) electrons. The third-order valence-electron chi connectivity index (χ3n) is 4.84. The number of benzene rings is 1. The van der Waals surface area contributed by atoms with Gasteiger partial charge < -0.3 is 4.98 Å². The predicted octanol–water partition coefficient (Wildman–Crippen LogP) is 3.49. The fraction of sp³-hybridized carbons (Fsp3) is 0.250. The number of aromatic nitrogens is 3. The lowest BCUT2D eigenvalue weighted by atomic mass is 10.0. The fourth-order valence-corrected chi connectivity index (χ4v) is 3.55. The summed E-state index contributed by atoms with van der Waals surface area (Å²) in [4.78, 5) is 26.1. The van der Waals surface area contributed by atoms with E-state index in [0.717, 1.165) is 16.8 Å². The van der Waals surface area contributed by atoms with E-state index in [1.54, 1.807) is 24.5 Å². The standard InChI is InChI=1S/C20H18ClFN4O/c1-12-4-5-16(22)14(18(12)21)10-26-8-6-17-15(11-26)20(27)25-19(24-17)13-3-2-7-23-9-13/h2-5,7,9H,6,8,10-11H2,1H3,(H,24,25,27). The van der Waals surface area contributed by atoms with Crippen LogP contribution in [0.2, 0.25) is 5.02 Å². The molecule has 3 heterocycles. The first-order chi connectivity index (χ1) is 13.0. The number of nitrogens with zero attached hydrogens (tertiary/aromatic N) is 3. The maximum atomic E-state index is 14.2. The number of halogens is 2. The molecule has 1 aliphatic heterocycles. The summed E-state index contributed by atoms with van der Waals surface area (Å²) in [5, 5.41) is 0.444. The van der Waals surface area contributed by atoms with Crippen LogP contribution in [0, 0.1) is 12.7 Å². The van der Waals surface area contributed by atoms with Crippen LogP contribution in [0.4, 0.5) is 4.39 Å². The normalized spacial score (nSPS) is 14.2. The molecule has 1 aromatic carbocycles. The second-order valence-electron chi connectivity index (χ2n) is 6.70. The van der Waals surface area contributed by atoms with Crippen molar-refractivity contribution in [1.29, 1.82) is 0 Å². The SMILES string of the molecule is Cc1ccc(F)c(CN2CCc3nc(-c4cccnc4)[nH]c(=O)c3C2)c1Cl. The number of fused-ring (bicyclic) bond motifs is 1. The molecule has 0 spiro atoms. The van der Waals surface area contributed by atoms with E-state index in [9.17, 15) is 9.18 Å². The second-order valence-corrected chi connectivity index (χ2v) is 7.08. The van der Waals surface area contributed by atoms with Crippen LogP contribution in [0.1, 0.15) is 22.4 Å². The lowest BCUT2D eigenvalue weighted by molar-refractivity contribution is 0.238. The summed E-state index contributed by atoms with van der Waals surface area (Å²) in [6.45, 7) is 3.30. The molecule has 2 aromatic heterocycles. The zero-order valence-corrected chi connectivity index (χ0v) is 15.6. The summed E-state index contributed by atoms with van der Waals surface area (Å²) in [6.07, 6.45) is 3.97. The lowest BCUT2D eigenvalue weighted by Crippen LogP contribution is -2.35. The number of aromatic amines is 1. The van der Waals surface area contributed by atoms with Gasteiger partial charge >= 0.3 is 0 Å². The van der Waals surface area contributed by atoms with Gasteiger partial charge in [-0.15, -0.1) is 0 Å². The van der Waals surface area contributed by atoms with Crippen molar-refractivity contribution in [2.24, 2.45) is 0 Å². The molecule has 0 saturated carbocycles. The summed E-state index contributed by atoms with van der Waals surface area (Å²) in [5.74, 6) is 0.198. The summed E-state index contributed by atoms with van der Waals surface area (Å²) in [7, 11) is 0. The van der Waals surface area contributed by atoms with Gasteiger partial charge in [-0.2, -0.15) is 0 Å². The molecule has 0 bridgehead atoms. The van der Waals surface area contributed by atoms with Crippen LogP contribution >= 0.6 is 11.6 Å². The van der Waals surface area contributed by atoms with E-state index in [4.69, 9.17) is 11.6 Å². The molecule has 5 nitrogen and oxygen atoms in total. The highest BCUT2D eigenvalue weighted by molar-refractivity contribution is 6.32. The zero-order chi connectivity index (χ0) is 19.0. The Morgan fingerprint density at radius 2 is 2.19 bits per heavy atom. The maximum Gasteiger partial charge on any atom is 0.255 e. The Bertz CT molecular complexity index is 1050. The van der Waals surface area contributed by atoms with E-state index >= 15 is 0 Å². The monoisotopic (exact) mass is 384 g/mol. The average molecular weight is 385 g/mol. The Labute approximate surface area is 160 Å². The highest BCUT2D eigenvalue weighted by Crippen LogP contribution is 2.26. The van der Waals surface area contributed by atoms with Crippen molar-refractivity contribution in [2.75, 3.05) is 6.54 Å². The van der Waals surface area contributed by atoms with Crippen LogP contribution in [0.25, 0.3) is 11.4 Å². The Hall–Kier alpha value is -2.57. The van der Waals surface area contributed by atoms with Crippen molar-refractivity contribution in [3.05, 3.63) is 80.2 Å². The number of aryl methyl sites for hydroxylation is 1. The quantitative estimate of drug-likeness (QED) is 0.750. The molecule has 0 saturated heterocycles. The first-order valence-electron chi connectivity index (χ1n) is 8.71. The van der Waals surface area contributed by atoms with E-state index in [1.807, 2.05) is 17.9 Å². The minimum absolute atomic E-state index is 0.167. The van der Waals surface area contributed by atoms with Gasteiger partial charge in [-0.1, -0.05) is 17.7 Å². The number of H-pyrrole nitrogens is 1. The van der Waals surface area contributed by atoms with E-state index in [1.165, 1.54) is 6.07 Å². The Balaban J connectivity index is 1.61. The first kappa shape index (κ1) is 17.8. The molecular formula is C20H18ClFN4O. The van der Waals surface area contributed by atoms with Crippen LogP contribution in [0.5, 0.6) is 0 Å². The van der Waals surface area contributed by atoms with Crippen LogP contribution < -0.4 is 5.56 Å². The Morgan fingerprint density at radius 1 is 1.33 bits per heavy atom. The lowest BCUT2D eigenvalue weighted by Gasteiger charge is -2.28. The van der Waals surface area contributed by atoms with Crippen molar-refractivity contribution >= 4 is 11.6 Å². The molecule has 27 heavy (non-hydrogen) atoms. The number of nitrogens with one attached hydrogen (secondary N) is 1. The van der Waals surface area contributed by atoms with Crippen molar-refractivity contribution in [1.82, 2.24) is 19.9 Å². The van der Waals surface area contributed by atoms with Crippen LogP contribution in [-0.4, -0.2) is 26.4 Å². The van der Waals surface area contributed by atoms with Gasteiger partial charge in [0, 0.05) is 49.6 Å². The van der Waals surface area contributed by atoms with Gasteiger partial charge in [0.1, 0.15) is 11.6 Å². The van der Waals surface area contributed by atoms with Gasteiger partial charge in [0.15, 0.2) is 0 Å². The summed E-state index contributed by atoms with van der Waals surface area (Å²) in [5.41, 5.74) is 3.32. The highest BCUT2D eigenvalue weighted by atomic mass is 35.5. The average Bonchev–Trinajstić information content (AvgIpc) is 2.69. The third-order valence-corrected chi connectivity index (χ3v) is 5.37. The maximum absolute atomic E-state index is 14.2. The molecule has 3 aromatic rings. The van der Waals surface area contributed by atoms with E-state index in [-0.39, 0.29) is 11.4 Å². The molecule has 138 valence electrons. The Kier molecular flexibility index (Phi) is 4.76. The smallest absolute Gasteiger partial charge is 0.255 e. The molecule has 4 rings (SSSR count). The molecule has 1 N–H and O–H groups in total. The van der Waals surface area contributed by atoms with Crippen LogP contribution in [0.3, 0.4) is 0 Å². The van der Waals surface area contributed by atoms with E-state index in [0.29, 0.717) is 48.0 Å². The first-order valence-corrected chi connectivity index (χ1v) is 9.09. The van der Waals surface area contributed by atoms with Gasteiger partial charge in [0.25, 0.3) is 5.56 Å². The van der Waals surface area contributed by atoms with Crippen molar-refractivity contribution < 1.29 is 4.39 Å². The molecule has 7 heteroatoms. The van der Waals surface area contributed by atoms with Gasteiger partial charge in [0.2, 0.25) is 0 Å². The molecule has 0 fully saturated rings. The fourth-order valence-electron chi connectivity index (χ4n) is 3.34. The van der Waals surface area contributed by atoms with Crippen LogP contribution in [0.15, 0.2) is 41.5 Å². The number of hydrogen-bond donors (Lipinski definition) is 1. The van der Waals surface area contributed by atoms with Crippen LogP contribution in [-0.2, 0) is 19.5 Å². The number of pyridine rings is 1. The van der Waals surface area contributed by atoms with Gasteiger partial charge in [-0.25, -0.2) is 9.37 Å².